The molecule has 0 aromatic carbocycles. The predicted molar refractivity (Wildman–Crippen MR) is 65.6 cm³/mol. The molecule has 1 heterocycles. The van der Waals surface area contributed by atoms with Gasteiger partial charge in [-0.3, -0.25) is 0 Å². The standard InChI is InChI=1S/C9H15F3N2O2S2/c10-9(11,12)4-2-6-18(15,16)14-5-1-3-7(14)8(13)17/h7H,1-6H2,(H2,13,17). The molecule has 18 heavy (non-hydrogen) atoms. The Morgan fingerprint density at radius 3 is 2.56 bits per heavy atom. The molecular weight excluding hydrogens is 289 g/mol. The molecule has 1 aliphatic rings. The molecule has 1 saturated heterocycles. The largest absolute Gasteiger partial charge is 0.392 e. The fourth-order valence-electron chi connectivity index (χ4n) is 1.93. The van der Waals surface area contributed by atoms with Crippen LogP contribution in [0.3, 0.4) is 0 Å². The van der Waals surface area contributed by atoms with Gasteiger partial charge < -0.3 is 5.73 Å². The van der Waals surface area contributed by atoms with Crippen molar-refractivity contribution in [2.75, 3.05) is 12.3 Å². The zero-order valence-corrected chi connectivity index (χ0v) is 11.2. The molecule has 0 aromatic heterocycles. The Hall–Kier alpha value is -0.410. The maximum atomic E-state index is 12.0. The number of nitrogens with two attached hydrogens (primary N) is 1. The Balaban J connectivity index is 2.61. The van der Waals surface area contributed by atoms with Gasteiger partial charge in [0.15, 0.2) is 0 Å². The van der Waals surface area contributed by atoms with E-state index in [4.69, 9.17) is 18.0 Å². The monoisotopic (exact) mass is 304 g/mol. The van der Waals surface area contributed by atoms with Crippen LogP contribution in [-0.2, 0) is 10.0 Å². The minimum Gasteiger partial charge on any atom is -0.392 e. The molecule has 0 amide bonds. The van der Waals surface area contributed by atoms with Gasteiger partial charge in [0, 0.05) is 13.0 Å². The summed E-state index contributed by atoms with van der Waals surface area (Å²) in [5.41, 5.74) is 5.43. The minimum atomic E-state index is -4.33. The topological polar surface area (TPSA) is 63.4 Å². The van der Waals surface area contributed by atoms with E-state index in [-0.39, 0.29) is 11.5 Å². The van der Waals surface area contributed by atoms with E-state index in [1.807, 2.05) is 0 Å². The molecule has 1 aliphatic heterocycles. The van der Waals surface area contributed by atoms with Crippen molar-refractivity contribution >= 4 is 27.2 Å². The maximum absolute atomic E-state index is 12.0. The second-order valence-electron chi connectivity index (χ2n) is 4.21. The summed E-state index contributed by atoms with van der Waals surface area (Å²) in [5, 5.41) is 0. The SMILES string of the molecule is NC(=S)C1CCCN1S(=O)(=O)CCCC(F)(F)F. The zero-order valence-electron chi connectivity index (χ0n) is 9.61. The molecule has 0 aromatic rings. The van der Waals surface area contributed by atoms with Crippen molar-refractivity contribution in [2.45, 2.75) is 37.9 Å². The maximum Gasteiger partial charge on any atom is 0.389 e. The quantitative estimate of drug-likeness (QED) is 0.780. The van der Waals surface area contributed by atoms with Crippen molar-refractivity contribution in [1.29, 1.82) is 0 Å². The molecule has 1 fully saturated rings. The average Bonchev–Trinajstić information content (AvgIpc) is 2.63. The van der Waals surface area contributed by atoms with Gasteiger partial charge in [-0.15, -0.1) is 0 Å². The third kappa shape index (κ3) is 4.36. The van der Waals surface area contributed by atoms with Gasteiger partial charge in [-0.2, -0.15) is 17.5 Å². The van der Waals surface area contributed by atoms with E-state index in [1.54, 1.807) is 0 Å². The number of rotatable bonds is 5. The summed E-state index contributed by atoms with van der Waals surface area (Å²) in [6.45, 7) is 0.274. The van der Waals surface area contributed by atoms with Gasteiger partial charge in [0.25, 0.3) is 0 Å². The first kappa shape index (κ1) is 15.6. The van der Waals surface area contributed by atoms with Crippen LogP contribution in [-0.4, -0.2) is 42.2 Å². The molecule has 106 valence electrons. The highest BCUT2D eigenvalue weighted by Crippen LogP contribution is 2.25. The summed E-state index contributed by atoms with van der Waals surface area (Å²) >= 11 is 4.76. The van der Waals surface area contributed by atoms with Crippen LogP contribution in [0.1, 0.15) is 25.7 Å². The van der Waals surface area contributed by atoms with Crippen molar-refractivity contribution in [3.05, 3.63) is 0 Å². The van der Waals surface area contributed by atoms with E-state index >= 15 is 0 Å². The zero-order chi connectivity index (χ0) is 14.0. The number of halogens is 3. The van der Waals surface area contributed by atoms with Crippen LogP contribution in [0.5, 0.6) is 0 Å². The second kappa shape index (κ2) is 5.70. The fraction of sp³-hybridized carbons (Fsp3) is 0.889. The molecule has 0 spiro atoms. The van der Waals surface area contributed by atoms with E-state index in [2.05, 4.69) is 0 Å². The van der Waals surface area contributed by atoms with Crippen molar-refractivity contribution in [2.24, 2.45) is 5.73 Å². The summed E-state index contributed by atoms with van der Waals surface area (Å²) in [6, 6.07) is -0.545. The number of nitrogens with zero attached hydrogens (tertiary/aromatic N) is 1. The molecule has 4 nitrogen and oxygen atoms in total. The summed E-state index contributed by atoms with van der Waals surface area (Å²) < 4.78 is 60.8. The van der Waals surface area contributed by atoms with E-state index in [1.165, 1.54) is 0 Å². The van der Waals surface area contributed by atoms with Crippen molar-refractivity contribution in [3.8, 4) is 0 Å². The van der Waals surface area contributed by atoms with Crippen LogP contribution in [0.25, 0.3) is 0 Å². The van der Waals surface area contributed by atoms with Crippen LogP contribution >= 0.6 is 12.2 Å². The van der Waals surface area contributed by atoms with Gasteiger partial charge in [-0.05, 0) is 19.3 Å². The highest BCUT2D eigenvalue weighted by molar-refractivity contribution is 7.89. The Morgan fingerprint density at radius 1 is 1.44 bits per heavy atom. The third-order valence-corrected chi connectivity index (χ3v) is 4.98. The lowest BCUT2D eigenvalue weighted by Gasteiger charge is -2.23. The molecule has 2 N–H and O–H groups in total. The molecule has 1 unspecified atom stereocenters. The van der Waals surface area contributed by atoms with E-state index in [0.29, 0.717) is 12.8 Å². The van der Waals surface area contributed by atoms with Crippen molar-refractivity contribution in [3.63, 3.8) is 0 Å². The normalized spacial score (nSPS) is 22.3. The molecule has 9 heteroatoms. The summed E-state index contributed by atoms with van der Waals surface area (Å²) in [5.74, 6) is -0.522. The number of hydrogen-bond donors (Lipinski definition) is 1. The number of hydrogen-bond acceptors (Lipinski definition) is 3. The Labute approximate surface area is 109 Å². The first-order valence-electron chi connectivity index (χ1n) is 5.49. The smallest absolute Gasteiger partial charge is 0.389 e. The second-order valence-corrected chi connectivity index (χ2v) is 6.72. The fourth-order valence-corrected chi connectivity index (χ4v) is 4.00. The molecule has 0 aliphatic carbocycles. The van der Waals surface area contributed by atoms with Crippen LogP contribution in [0, 0.1) is 0 Å². The lowest BCUT2D eigenvalue weighted by molar-refractivity contribution is -0.134. The molecule has 0 saturated carbocycles. The predicted octanol–water partition coefficient (Wildman–Crippen LogP) is 1.41. The first-order chi connectivity index (χ1) is 8.13. The van der Waals surface area contributed by atoms with Gasteiger partial charge in [0.2, 0.25) is 10.0 Å². The minimum absolute atomic E-state index is 0.0758. The van der Waals surface area contributed by atoms with E-state index < -0.39 is 40.8 Å². The van der Waals surface area contributed by atoms with Crippen LogP contribution in [0.15, 0.2) is 0 Å². The molecular formula is C9H15F3N2O2S2. The summed E-state index contributed by atoms with van der Waals surface area (Å²) in [7, 11) is -3.71. The van der Waals surface area contributed by atoms with E-state index in [0.717, 1.165) is 4.31 Å². The summed E-state index contributed by atoms with van der Waals surface area (Å²) in [6.07, 6.45) is -4.71. The highest BCUT2D eigenvalue weighted by Gasteiger charge is 2.36. The Bertz CT molecular complexity index is 409. The Kier molecular flexibility index (Phi) is 4.96. The average molecular weight is 304 g/mol. The van der Waals surface area contributed by atoms with Gasteiger partial charge in [0.05, 0.1) is 16.8 Å². The van der Waals surface area contributed by atoms with Crippen molar-refractivity contribution < 1.29 is 21.6 Å². The van der Waals surface area contributed by atoms with Crippen molar-refractivity contribution in [1.82, 2.24) is 4.31 Å². The number of thiocarbonyl (C=S) groups is 1. The van der Waals surface area contributed by atoms with Gasteiger partial charge >= 0.3 is 6.18 Å². The number of alkyl halides is 3. The van der Waals surface area contributed by atoms with Gasteiger partial charge in [0.1, 0.15) is 0 Å². The number of sulfonamides is 1. The summed E-state index contributed by atoms with van der Waals surface area (Å²) in [4.78, 5) is 0.0758. The van der Waals surface area contributed by atoms with Gasteiger partial charge in [-0.1, -0.05) is 12.2 Å². The third-order valence-electron chi connectivity index (χ3n) is 2.75. The van der Waals surface area contributed by atoms with Gasteiger partial charge in [-0.25, -0.2) is 8.42 Å². The molecule has 1 rings (SSSR count). The lowest BCUT2D eigenvalue weighted by Crippen LogP contribution is -2.43. The first-order valence-corrected chi connectivity index (χ1v) is 7.51. The molecule has 0 radical (unpaired) electrons. The van der Waals surface area contributed by atoms with Crippen LogP contribution < -0.4 is 5.73 Å². The van der Waals surface area contributed by atoms with E-state index in [9.17, 15) is 21.6 Å². The van der Waals surface area contributed by atoms with Crippen LogP contribution in [0.4, 0.5) is 13.2 Å². The molecule has 1 atom stereocenters. The Morgan fingerprint density at radius 2 is 2.06 bits per heavy atom. The molecule has 0 bridgehead atoms. The highest BCUT2D eigenvalue weighted by atomic mass is 32.2. The lowest BCUT2D eigenvalue weighted by atomic mass is 10.2. The van der Waals surface area contributed by atoms with Crippen LogP contribution in [0.2, 0.25) is 0 Å².